The summed E-state index contributed by atoms with van der Waals surface area (Å²) in [6, 6.07) is 0. The SMILES string of the molecule is O=Cc1c(C2CC2)nc2sc3c(n12)CCCC3. The maximum atomic E-state index is 11.4. The van der Waals surface area contributed by atoms with Crippen LogP contribution in [0.15, 0.2) is 0 Å². The van der Waals surface area contributed by atoms with Gasteiger partial charge in [0.05, 0.1) is 5.69 Å². The molecule has 4 rings (SSSR count). The molecule has 0 aliphatic heterocycles. The molecule has 0 atom stereocenters. The number of carbonyl (C=O) groups excluding carboxylic acids is 1. The molecule has 2 aromatic heterocycles. The lowest BCUT2D eigenvalue weighted by Crippen LogP contribution is -2.05. The molecule has 2 aromatic rings. The molecule has 0 bridgehead atoms. The molecule has 0 N–H and O–H groups in total. The van der Waals surface area contributed by atoms with Gasteiger partial charge in [-0.25, -0.2) is 4.98 Å². The zero-order valence-electron chi connectivity index (χ0n) is 9.61. The molecule has 0 amide bonds. The molecule has 0 unspecified atom stereocenters. The number of thiazole rings is 1. The summed E-state index contributed by atoms with van der Waals surface area (Å²) in [5, 5.41) is 0. The van der Waals surface area contributed by atoms with Crippen LogP contribution in [0.5, 0.6) is 0 Å². The van der Waals surface area contributed by atoms with Crippen LogP contribution in [0, 0.1) is 0 Å². The van der Waals surface area contributed by atoms with Crippen molar-refractivity contribution in [2.24, 2.45) is 0 Å². The molecule has 88 valence electrons. The Morgan fingerprint density at radius 1 is 1.29 bits per heavy atom. The van der Waals surface area contributed by atoms with E-state index in [0.717, 1.165) is 29.1 Å². The lowest BCUT2D eigenvalue weighted by molar-refractivity contribution is 0.111. The number of aryl methyl sites for hydroxylation is 2. The molecule has 17 heavy (non-hydrogen) atoms. The van der Waals surface area contributed by atoms with E-state index in [2.05, 4.69) is 4.40 Å². The fourth-order valence-corrected chi connectivity index (χ4v) is 4.07. The zero-order chi connectivity index (χ0) is 11.4. The summed E-state index contributed by atoms with van der Waals surface area (Å²) >= 11 is 1.79. The minimum Gasteiger partial charge on any atom is -0.296 e. The predicted octanol–water partition coefficient (Wildman–Crippen LogP) is 2.96. The van der Waals surface area contributed by atoms with E-state index in [0.29, 0.717) is 5.92 Å². The number of hydrogen-bond acceptors (Lipinski definition) is 3. The van der Waals surface area contributed by atoms with Gasteiger partial charge in [0.25, 0.3) is 0 Å². The Labute approximate surface area is 103 Å². The molecule has 0 aromatic carbocycles. The molecule has 0 saturated heterocycles. The van der Waals surface area contributed by atoms with E-state index in [1.165, 1.54) is 42.7 Å². The van der Waals surface area contributed by atoms with Crippen LogP contribution >= 0.6 is 11.3 Å². The van der Waals surface area contributed by atoms with Gasteiger partial charge in [-0.3, -0.25) is 9.20 Å². The van der Waals surface area contributed by atoms with E-state index in [-0.39, 0.29) is 0 Å². The minimum atomic E-state index is 0.557. The highest BCUT2D eigenvalue weighted by Gasteiger charge is 2.32. The number of imidazole rings is 1. The van der Waals surface area contributed by atoms with Gasteiger partial charge in [0.15, 0.2) is 11.2 Å². The normalized spacial score (nSPS) is 19.5. The third-order valence-corrected chi connectivity index (χ3v) is 5.00. The standard InChI is InChI=1S/C13H14N2OS/c16-7-10-12(8-5-6-8)14-13-15(10)9-3-1-2-4-11(9)17-13/h7-8H,1-6H2. The Morgan fingerprint density at radius 3 is 2.88 bits per heavy atom. The second-order valence-electron chi connectivity index (χ2n) is 5.07. The van der Waals surface area contributed by atoms with Gasteiger partial charge >= 0.3 is 0 Å². The number of aromatic nitrogens is 2. The number of carbonyl (C=O) groups is 1. The average molecular weight is 246 g/mol. The Kier molecular flexibility index (Phi) is 1.98. The average Bonchev–Trinajstić information content (AvgIpc) is 3.04. The van der Waals surface area contributed by atoms with Crippen molar-refractivity contribution in [3.63, 3.8) is 0 Å². The first-order valence-corrected chi connectivity index (χ1v) is 7.18. The molecular formula is C13H14N2OS. The van der Waals surface area contributed by atoms with Crippen molar-refractivity contribution in [3.05, 3.63) is 22.0 Å². The van der Waals surface area contributed by atoms with Gasteiger partial charge < -0.3 is 0 Å². The fraction of sp³-hybridized carbons (Fsp3) is 0.538. The number of aldehydes is 1. The van der Waals surface area contributed by atoms with E-state index < -0.39 is 0 Å². The molecule has 1 fully saturated rings. The lowest BCUT2D eigenvalue weighted by atomic mass is 10.0. The number of fused-ring (bicyclic) bond motifs is 3. The van der Waals surface area contributed by atoms with Crippen LogP contribution in [0.2, 0.25) is 0 Å². The molecule has 2 heterocycles. The van der Waals surface area contributed by atoms with Crippen molar-refractivity contribution in [1.29, 1.82) is 0 Å². The van der Waals surface area contributed by atoms with Gasteiger partial charge in [-0.2, -0.15) is 0 Å². The Balaban J connectivity index is 2.00. The Bertz CT molecular complexity index is 606. The van der Waals surface area contributed by atoms with Crippen molar-refractivity contribution in [1.82, 2.24) is 9.38 Å². The summed E-state index contributed by atoms with van der Waals surface area (Å²) in [5.41, 5.74) is 3.25. The Morgan fingerprint density at radius 2 is 2.12 bits per heavy atom. The van der Waals surface area contributed by atoms with Gasteiger partial charge in [-0.05, 0) is 38.5 Å². The molecule has 4 heteroatoms. The maximum absolute atomic E-state index is 11.4. The van der Waals surface area contributed by atoms with Crippen LogP contribution in [-0.4, -0.2) is 15.7 Å². The summed E-state index contributed by atoms with van der Waals surface area (Å²) in [6.07, 6.45) is 8.21. The van der Waals surface area contributed by atoms with Crippen molar-refractivity contribution < 1.29 is 4.79 Å². The van der Waals surface area contributed by atoms with E-state index in [9.17, 15) is 4.79 Å². The van der Waals surface area contributed by atoms with Gasteiger partial charge in [-0.15, -0.1) is 11.3 Å². The number of hydrogen-bond donors (Lipinski definition) is 0. The van der Waals surface area contributed by atoms with Crippen LogP contribution in [0.1, 0.15) is 58.4 Å². The van der Waals surface area contributed by atoms with Crippen molar-refractivity contribution >= 4 is 22.6 Å². The maximum Gasteiger partial charge on any atom is 0.194 e. The monoisotopic (exact) mass is 246 g/mol. The molecular weight excluding hydrogens is 232 g/mol. The Hall–Kier alpha value is -1.16. The van der Waals surface area contributed by atoms with E-state index in [1.54, 1.807) is 11.3 Å². The molecule has 2 aliphatic carbocycles. The van der Waals surface area contributed by atoms with Crippen LogP contribution in [0.25, 0.3) is 4.96 Å². The number of nitrogens with zero attached hydrogens (tertiary/aromatic N) is 2. The van der Waals surface area contributed by atoms with E-state index in [1.807, 2.05) is 0 Å². The van der Waals surface area contributed by atoms with Crippen molar-refractivity contribution in [3.8, 4) is 0 Å². The van der Waals surface area contributed by atoms with Gasteiger partial charge in [0.2, 0.25) is 0 Å². The quantitative estimate of drug-likeness (QED) is 0.763. The van der Waals surface area contributed by atoms with Gasteiger partial charge in [-0.1, -0.05) is 0 Å². The summed E-state index contributed by atoms with van der Waals surface area (Å²) in [7, 11) is 0. The molecule has 2 aliphatic rings. The minimum absolute atomic E-state index is 0.557. The van der Waals surface area contributed by atoms with Crippen molar-refractivity contribution in [2.45, 2.75) is 44.4 Å². The lowest BCUT2D eigenvalue weighted by Gasteiger charge is -2.10. The second kappa shape index (κ2) is 3.42. The summed E-state index contributed by atoms with van der Waals surface area (Å²) in [5.74, 6) is 0.557. The summed E-state index contributed by atoms with van der Waals surface area (Å²) in [4.78, 5) is 18.6. The largest absolute Gasteiger partial charge is 0.296 e. The zero-order valence-corrected chi connectivity index (χ0v) is 10.4. The molecule has 3 nitrogen and oxygen atoms in total. The highest BCUT2D eigenvalue weighted by atomic mass is 32.1. The molecule has 0 spiro atoms. The van der Waals surface area contributed by atoms with E-state index in [4.69, 9.17) is 4.98 Å². The molecule has 0 radical (unpaired) electrons. The molecule has 1 saturated carbocycles. The topological polar surface area (TPSA) is 34.4 Å². The smallest absolute Gasteiger partial charge is 0.194 e. The highest BCUT2D eigenvalue weighted by Crippen LogP contribution is 2.42. The summed E-state index contributed by atoms with van der Waals surface area (Å²) < 4.78 is 2.14. The number of rotatable bonds is 2. The third kappa shape index (κ3) is 1.33. The third-order valence-electron chi connectivity index (χ3n) is 3.86. The predicted molar refractivity (Wildman–Crippen MR) is 67.1 cm³/mol. The van der Waals surface area contributed by atoms with Crippen LogP contribution in [-0.2, 0) is 12.8 Å². The van der Waals surface area contributed by atoms with Gasteiger partial charge in [0, 0.05) is 16.5 Å². The highest BCUT2D eigenvalue weighted by molar-refractivity contribution is 7.17. The fourth-order valence-electron chi connectivity index (χ4n) is 2.85. The van der Waals surface area contributed by atoms with E-state index >= 15 is 0 Å². The van der Waals surface area contributed by atoms with Gasteiger partial charge in [0.1, 0.15) is 5.69 Å². The first kappa shape index (κ1) is 9.83. The second-order valence-corrected chi connectivity index (χ2v) is 6.13. The van der Waals surface area contributed by atoms with Crippen LogP contribution in [0.4, 0.5) is 0 Å². The van der Waals surface area contributed by atoms with Crippen LogP contribution < -0.4 is 0 Å². The summed E-state index contributed by atoms with van der Waals surface area (Å²) in [6.45, 7) is 0. The van der Waals surface area contributed by atoms with Crippen LogP contribution in [0.3, 0.4) is 0 Å². The first-order valence-electron chi connectivity index (χ1n) is 6.36. The first-order chi connectivity index (χ1) is 8.38. The van der Waals surface area contributed by atoms with Crippen molar-refractivity contribution in [2.75, 3.05) is 0 Å².